The van der Waals surface area contributed by atoms with Crippen LogP contribution in [0.25, 0.3) is 10.8 Å². The Bertz CT molecular complexity index is 991. The van der Waals surface area contributed by atoms with Crippen molar-refractivity contribution in [3.05, 3.63) is 61.7 Å². The van der Waals surface area contributed by atoms with Gasteiger partial charge in [-0.15, -0.1) is 11.3 Å². The van der Waals surface area contributed by atoms with E-state index >= 15 is 0 Å². The standard InChI is InChI=1S/C16H13FN2O3S/c1-8-13(16(21)22)11-4-3-5-12(17)14(11)15(20)19(8)6-10-7-23-9(2)18-10/h3-5,7H,6H2,1-2H3,(H,21,22). The SMILES string of the molecule is Cc1nc(Cn2c(C)c(C(=O)O)c3cccc(F)c3c2=O)cs1. The monoisotopic (exact) mass is 332 g/mol. The van der Waals surface area contributed by atoms with E-state index in [1.165, 1.54) is 28.0 Å². The third-order valence-electron chi connectivity index (χ3n) is 3.71. The van der Waals surface area contributed by atoms with Crippen molar-refractivity contribution in [1.29, 1.82) is 0 Å². The molecule has 2 aromatic heterocycles. The number of carboxylic acid groups (broad SMARTS) is 1. The van der Waals surface area contributed by atoms with Crippen LogP contribution in [0.1, 0.15) is 26.8 Å². The number of aromatic carboxylic acids is 1. The Morgan fingerprint density at radius 1 is 1.39 bits per heavy atom. The fraction of sp³-hybridized carbons (Fsp3) is 0.188. The molecule has 0 spiro atoms. The van der Waals surface area contributed by atoms with Crippen molar-refractivity contribution in [2.75, 3.05) is 0 Å². The number of halogens is 1. The summed E-state index contributed by atoms with van der Waals surface area (Å²) >= 11 is 1.44. The van der Waals surface area contributed by atoms with Crippen LogP contribution < -0.4 is 5.56 Å². The Morgan fingerprint density at radius 2 is 2.13 bits per heavy atom. The molecule has 1 N–H and O–H groups in total. The lowest BCUT2D eigenvalue weighted by atomic mass is 10.0. The molecule has 2 heterocycles. The van der Waals surface area contributed by atoms with Gasteiger partial charge in [-0.2, -0.15) is 0 Å². The Kier molecular flexibility index (Phi) is 3.73. The molecule has 7 heteroatoms. The highest BCUT2D eigenvalue weighted by molar-refractivity contribution is 7.09. The van der Waals surface area contributed by atoms with Gasteiger partial charge in [-0.3, -0.25) is 4.79 Å². The second-order valence-corrected chi connectivity index (χ2v) is 6.24. The zero-order valence-corrected chi connectivity index (χ0v) is 13.3. The minimum absolute atomic E-state index is 0.0638. The van der Waals surface area contributed by atoms with Crippen LogP contribution in [0.15, 0.2) is 28.4 Å². The summed E-state index contributed by atoms with van der Waals surface area (Å²) in [4.78, 5) is 28.6. The topological polar surface area (TPSA) is 72.2 Å². The van der Waals surface area contributed by atoms with Crippen LogP contribution in [0.3, 0.4) is 0 Å². The Labute approximate surface area is 134 Å². The summed E-state index contributed by atoms with van der Waals surface area (Å²) in [5.74, 6) is -1.92. The molecular formula is C16H13FN2O3S. The lowest BCUT2D eigenvalue weighted by Gasteiger charge is -2.14. The molecule has 0 aliphatic carbocycles. The largest absolute Gasteiger partial charge is 0.478 e. The first kappa shape index (κ1) is 15.4. The molecule has 23 heavy (non-hydrogen) atoms. The fourth-order valence-corrected chi connectivity index (χ4v) is 3.27. The van der Waals surface area contributed by atoms with Crippen molar-refractivity contribution in [3.63, 3.8) is 0 Å². The van der Waals surface area contributed by atoms with Crippen molar-refractivity contribution < 1.29 is 14.3 Å². The number of hydrogen-bond donors (Lipinski definition) is 1. The quantitative estimate of drug-likeness (QED) is 0.800. The number of rotatable bonds is 3. The molecule has 0 unspecified atom stereocenters. The Morgan fingerprint density at radius 3 is 2.74 bits per heavy atom. The average molecular weight is 332 g/mol. The lowest BCUT2D eigenvalue weighted by molar-refractivity contribution is 0.0697. The third-order valence-corrected chi connectivity index (χ3v) is 4.53. The third kappa shape index (κ3) is 2.53. The molecule has 0 saturated heterocycles. The van der Waals surface area contributed by atoms with Gasteiger partial charge in [0.1, 0.15) is 5.82 Å². The summed E-state index contributed by atoms with van der Waals surface area (Å²) in [6.45, 7) is 3.50. The van der Waals surface area contributed by atoms with Gasteiger partial charge in [0.25, 0.3) is 5.56 Å². The summed E-state index contributed by atoms with van der Waals surface area (Å²) in [7, 11) is 0. The number of benzene rings is 1. The summed E-state index contributed by atoms with van der Waals surface area (Å²) in [6.07, 6.45) is 0. The van der Waals surface area contributed by atoms with E-state index in [4.69, 9.17) is 0 Å². The summed E-state index contributed by atoms with van der Waals surface area (Å²) in [5.41, 5.74) is 0.313. The molecule has 0 bridgehead atoms. The first-order chi connectivity index (χ1) is 10.9. The van der Waals surface area contributed by atoms with E-state index in [-0.39, 0.29) is 28.6 Å². The van der Waals surface area contributed by atoms with Crippen LogP contribution in [0.5, 0.6) is 0 Å². The number of pyridine rings is 1. The summed E-state index contributed by atoms with van der Waals surface area (Å²) < 4.78 is 15.4. The van der Waals surface area contributed by atoms with E-state index in [0.717, 1.165) is 11.1 Å². The number of fused-ring (bicyclic) bond motifs is 1. The van der Waals surface area contributed by atoms with Gasteiger partial charge in [0.2, 0.25) is 0 Å². The van der Waals surface area contributed by atoms with Crippen LogP contribution in [0, 0.1) is 19.7 Å². The molecule has 0 aliphatic heterocycles. The number of hydrogen-bond acceptors (Lipinski definition) is 4. The second-order valence-electron chi connectivity index (χ2n) is 5.18. The predicted molar refractivity (Wildman–Crippen MR) is 85.8 cm³/mol. The van der Waals surface area contributed by atoms with E-state index in [1.807, 2.05) is 6.92 Å². The van der Waals surface area contributed by atoms with E-state index in [9.17, 15) is 19.1 Å². The van der Waals surface area contributed by atoms with Crippen LogP contribution in [-0.4, -0.2) is 20.6 Å². The number of aryl methyl sites for hydroxylation is 1. The van der Waals surface area contributed by atoms with Gasteiger partial charge in [-0.25, -0.2) is 14.2 Å². The van der Waals surface area contributed by atoms with E-state index in [0.29, 0.717) is 5.69 Å². The smallest absolute Gasteiger partial charge is 0.338 e. The normalized spacial score (nSPS) is 11.1. The maximum Gasteiger partial charge on any atom is 0.338 e. The average Bonchev–Trinajstić information content (AvgIpc) is 2.88. The molecule has 118 valence electrons. The Balaban J connectivity index is 2.35. The van der Waals surface area contributed by atoms with Gasteiger partial charge in [0.05, 0.1) is 28.2 Å². The minimum atomic E-state index is -1.19. The van der Waals surface area contributed by atoms with Gasteiger partial charge < -0.3 is 9.67 Å². The van der Waals surface area contributed by atoms with E-state index in [1.54, 1.807) is 12.3 Å². The number of carbonyl (C=O) groups is 1. The molecule has 0 fully saturated rings. The number of thiazole rings is 1. The van der Waals surface area contributed by atoms with Gasteiger partial charge in [-0.05, 0) is 19.9 Å². The molecule has 0 radical (unpaired) electrons. The number of nitrogens with zero attached hydrogens (tertiary/aromatic N) is 2. The molecule has 0 saturated carbocycles. The van der Waals surface area contributed by atoms with Crippen LogP contribution >= 0.6 is 11.3 Å². The van der Waals surface area contributed by atoms with E-state index < -0.39 is 17.3 Å². The van der Waals surface area contributed by atoms with Crippen molar-refractivity contribution in [2.24, 2.45) is 0 Å². The molecule has 0 aliphatic rings. The fourth-order valence-electron chi connectivity index (χ4n) is 2.67. The summed E-state index contributed by atoms with van der Waals surface area (Å²) in [6, 6.07) is 4.01. The maximum absolute atomic E-state index is 14.1. The zero-order chi connectivity index (χ0) is 16.7. The van der Waals surface area contributed by atoms with Crippen molar-refractivity contribution in [1.82, 2.24) is 9.55 Å². The summed E-state index contributed by atoms with van der Waals surface area (Å²) in [5, 5.41) is 12.0. The molecule has 3 aromatic rings. The highest BCUT2D eigenvalue weighted by Gasteiger charge is 2.21. The van der Waals surface area contributed by atoms with Gasteiger partial charge in [0.15, 0.2) is 0 Å². The minimum Gasteiger partial charge on any atom is -0.478 e. The molecule has 0 amide bonds. The van der Waals surface area contributed by atoms with Crippen molar-refractivity contribution in [2.45, 2.75) is 20.4 Å². The molecule has 3 rings (SSSR count). The lowest BCUT2D eigenvalue weighted by Crippen LogP contribution is -2.27. The molecular weight excluding hydrogens is 319 g/mol. The van der Waals surface area contributed by atoms with E-state index in [2.05, 4.69) is 4.98 Å². The highest BCUT2D eigenvalue weighted by atomic mass is 32.1. The number of aromatic nitrogens is 2. The van der Waals surface area contributed by atoms with Gasteiger partial charge in [0, 0.05) is 16.5 Å². The molecule has 0 atom stereocenters. The predicted octanol–water partition coefficient (Wildman–Crippen LogP) is 2.96. The maximum atomic E-state index is 14.1. The molecule has 1 aromatic carbocycles. The highest BCUT2D eigenvalue weighted by Crippen LogP contribution is 2.22. The second kappa shape index (κ2) is 5.58. The van der Waals surface area contributed by atoms with Crippen LogP contribution in [-0.2, 0) is 6.54 Å². The number of carboxylic acids is 1. The first-order valence-corrected chi connectivity index (χ1v) is 7.74. The van der Waals surface area contributed by atoms with Gasteiger partial charge >= 0.3 is 5.97 Å². The van der Waals surface area contributed by atoms with Crippen LogP contribution in [0.4, 0.5) is 4.39 Å². The van der Waals surface area contributed by atoms with Crippen molar-refractivity contribution >= 4 is 28.1 Å². The zero-order valence-electron chi connectivity index (χ0n) is 12.5. The Hall–Kier alpha value is -2.54. The first-order valence-electron chi connectivity index (χ1n) is 6.86. The van der Waals surface area contributed by atoms with Crippen LogP contribution in [0.2, 0.25) is 0 Å². The van der Waals surface area contributed by atoms with Crippen molar-refractivity contribution in [3.8, 4) is 0 Å². The van der Waals surface area contributed by atoms with Gasteiger partial charge in [-0.1, -0.05) is 12.1 Å². The molecule has 5 nitrogen and oxygen atoms in total.